The highest BCUT2D eigenvalue weighted by Gasteiger charge is 2.16. The maximum atomic E-state index is 12.6. The molecule has 0 spiro atoms. The molecule has 3 rings (SSSR count). The summed E-state index contributed by atoms with van der Waals surface area (Å²) in [7, 11) is 0. The van der Waals surface area contributed by atoms with Gasteiger partial charge in [0.05, 0.1) is 0 Å². The normalized spacial score (nSPS) is 11.0. The highest BCUT2D eigenvalue weighted by atomic mass is 79.9. The first-order valence-electron chi connectivity index (χ1n) is 6.77. The fraction of sp³-hybridized carbons (Fsp3) is 0.167. The number of hydrogen-bond acceptors (Lipinski definition) is 2. The summed E-state index contributed by atoms with van der Waals surface area (Å²) in [5.41, 5.74) is 4.73. The average molecular weight is 343 g/mol. The molecule has 0 saturated heterocycles. The fourth-order valence-corrected chi connectivity index (χ4v) is 3.01. The topological polar surface area (TPSA) is 30.2 Å². The zero-order valence-electron chi connectivity index (χ0n) is 12.2. The van der Waals surface area contributed by atoms with E-state index in [-0.39, 0.29) is 5.78 Å². The molecule has 1 aromatic heterocycles. The number of carbonyl (C=O) groups is 1. The first kappa shape index (κ1) is 14.1. The van der Waals surface area contributed by atoms with E-state index < -0.39 is 0 Å². The van der Waals surface area contributed by atoms with Crippen molar-refractivity contribution in [3.8, 4) is 0 Å². The summed E-state index contributed by atoms with van der Waals surface area (Å²) in [4.78, 5) is 12.6. The summed E-state index contributed by atoms with van der Waals surface area (Å²) in [6.45, 7) is 6.01. The molecule has 0 aliphatic heterocycles. The monoisotopic (exact) mass is 342 g/mol. The molecule has 0 N–H and O–H groups in total. The first-order valence-corrected chi connectivity index (χ1v) is 7.56. The smallest absolute Gasteiger partial charge is 0.228 e. The van der Waals surface area contributed by atoms with Crippen molar-refractivity contribution in [2.45, 2.75) is 20.8 Å². The molecule has 0 amide bonds. The quantitative estimate of drug-likeness (QED) is 0.587. The van der Waals surface area contributed by atoms with E-state index in [0.29, 0.717) is 11.3 Å². The van der Waals surface area contributed by atoms with Gasteiger partial charge in [-0.1, -0.05) is 28.1 Å². The maximum Gasteiger partial charge on any atom is 0.228 e. The third kappa shape index (κ3) is 2.54. The van der Waals surface area contributed by atoms with E-state index >= 15 is 0 Å². The van der Waals surface area contributed by atoms with Crippen molar-refractivity contribution in [1.29, 1.82) is 0 Å². The number of halogens is 1. The molecular weight excluding hydrogens is 328 g/mol. The Morgan fingerprint density at radius 2 is 1.71 bits per heavy atom. The van der Waals surface area contributed by atoms with Crippen LogP contribution in [0.5, 0.6) is 0 Å². The Morgan fingerprint density at radius 1 is 0.952 bits per heavy atom. The van der Waals surface area contributed by atoms with Crippen molar-refractivity contribution in [2.24, 2.45) is 0 Å². The van der Waals surface area contributed by atoms with E-state index in [4.69, 9.17) is 4.42 Å². The van der Waals surface area contributed by atoms with Gasteiger partial charge in [-0.3, -0.25) is 4.79 Å². The molecule has 3 aromatic rings. The molecule has 0 unspecified atom stereocenters. The van der Waals surface area contributed by atoms with Gasteiger partial charge in [-0.2, -0.15) is 0 Å². The first-order chi connectivity index (χ1) is 9.95. The second-order valence-corrected chi connectivity index (χ2v) is 6.30. The number of furan rings is 1. The van der Waals surface area contributed by atoms with Crippen LogP contribution in [0.1, 0.15) is 32.8 Å². The van der Waals surface area contributed by atoms with Gasteiger partial charge >= 0.3 is 0 Å². The zero-order valence-corrected chi connectivity index (χ0v) is 13.7. The van der Waals surface area contributed by atoms with E-state index in [0.717, 1.165) is 26.6 Å². The summed E-state index contributed by atoms with van der Waals surface area (Å²) in [5, 5.41) is 0.939. The van der Waals surface area contributed by atoms with Crippen LogP contribution < -0.4 is 0 Å². The van der Waals surface area contributed by atoms with Crippen molar-refractivity contribution in [3.05, 3.63) is 68.9 Å². The molecule has 0 atom stereocenters. The lowest BCUT2D eigenvalue weighted by Crippen LogP contribution is -2.00. The summed E-state index contributed by atoms with van der Waals surface area (Å²) in [6.07, 6.45) is 0. The second kappa shape index (κ2) is 5.15. The molecule has 0 fully saturated rings. The maximum absolute atomic E-state index is 12.6. The van der Waals surface area contributed by atoms with E-state index in [9.17, 15) is 4.79 Å². The number of rotatable bonds is 2. The van der Waals surface area contributed by atoms with Gasteiger partial charge in [0, 0.05) is 15.4 Å². The van der Waals surface area contributed by atoms with Gasteiger partial charge < -0.3 is 4.42 Å². The van der Waals surface area contributed by atoms with Crippen LogP contribution >= 0.6 is 15.9 Å². The van der Waals surface area contributed by atoms with Crippen LogP contribution in [0.15, 0.2) is 45.3 Å². The highest BCUT2D eigenvalue weighted by molar-refractivity contribution is 9.10. The molecule has 2 nitrogen and oxygen atoms in total. The Hall–Kier alpha value is -1.87. The van der Waals surface area contributed by atoms with E-state index in [2.05, 4.69) is 15.9 Å². The molecule has 0 aliphatic carbocycles. The predicted octanol–water partition coefficient (Wildman–Crippen LogP) is 5.35. The number of hydrogen-bond donors (Lipinski definition) is 0. The summed E-state index contributed by atoms with van der Waals surface area (Å²) in [6, 6.07) is 11.5. The standard InChI is InChI=1S/C18H15BrO2/c1-10-4-5-13(6-11(10)2)17(20)16-9-14-8-15(19)7-12(3)18(14)21-16/h4-9H,1-3H3. The lowest BCUT2D eigenvalue weighted by Gasteiger charge is -2.02. The molecule has 2 aromatic carbocycles. The Morgan fingerprint density at radius 3 is 2.43 bits per heavy atom. The van der Waals surface area contributed by atoms with Crippen LogP contribution in [0, 0.1) is 20.8 Å². The minimum Gasteiger partial charge on any atom is -0.452 e. The second-order valence-electron chi connectivity index (χ2n) is 5.38. The number of carbonyl (C=O) groups excluding carboxylic acids is 1. The van der Waals surface area contributed by atoms with Crippen LogP contribution in [-0.2, 0) is 0 Å². The van der Waals surface area contributed by atoms with E-state index in [1.165, 1.54) is 5.56 Å². The number of aryl methyl sites for hydroxylation is 3. The van der Waals surface area contributed by atoms with Crippen LogP contribution in [-0.4, -0.2) is 5.78 Å². The number of ketones is 1. The van der Waals surface area contributed by atoms with E-state index in [1.54, 1.807) is 0 Å². The Balaban J connectivity index is 2.09. The zero-order chi connectivity index (χ0) is 15.1. The third-order valence-corrected chi connectivity index (χ3v) is 4.22. The third-order valence-electron chi connectivity index (χ3n) is 3.76. The van der Waals surface area contributed by atoms with Crippen LogP contribution in [0.3, 0.4) is 0 Å². The van der Waals surface area contributed by atoms with Crippen molar-refractivity contribution < 1.29 is 9.21 Å². The Kier molecular flexibility index (Phi) is 3.46. The van der Waals surface area contributed by atoms with Gasteiger partial charge in [0.2, 0.25) is 5.78 Å². The van der Waals surface area contributed by atoms with Crippen molar-refractivity contribution >= 4 is 32.7 Å². The molecule has 21 heavy (non-hydrogen) atoms. The highest BCUT2D eigenvalue weighted by Crippen LogP contribution is 2.28. The summed E-state index contributed by atoms with van der Waals surface area (Å²) >= 11 is 3.47. The average Bonchev–Trinajstić information content (AvgIpc) is 2.85. The summed E-state index contributed by atoms with van der Waals surface area (Å²) in [5.74, 6) is 0.305. The molecule has 1 heterocycles. The fourth-order valence-electron chi connectivity index (χ4n) is 2.42. The van der Waals surface area contributed by atoms with Gasteiger partial charge in [0.1, 0.15) is 5.58 Å². The minimum atomic E-state index is -0.0789. The number of fused-ring (bicyclic) bond motifs is 1. The van der Waals surface area contributed by atoms with Gasteiger partial charge in [0.15, 0.2) is 5.76 Å². The molecule has 0 bridgehead atoms. The van der Waals surface area contributed by atoms with Crippen LogP contribution in [0.2, 0.25) is 0 Å². The Bertz CT molecular complexity index is 859. The van der Waals surface area contributed by atoms with Gasteiger partial charge in [-0.25, -0.2) is 0 Å². The van der Waals surface area contributed by atoms with Crippen molar-refractivity contribution in [1.82, 2.24) is 0 Å². The molecule has 106 valence electrons. The van der Waals surface area contributed by atoms with Gasteiger partial charge in [0.25, 0.3) is 0 Å². The van der Waals surface area contributed by atoms with Crippen molar-refractivity contribution in [3.63, 3.8) is 0 Å². The molecule has 0 radical (unpaired) electrons. The predicted molar refractivity (Wildman–Crippen MR) is 88.0 cm³/mol. The van der Waals surface area contributed by atoms with Crippen LogP contribution in [0.25, 0.3) is 11.0 Å². The minimum absolute atomic E-state index is 0.0789. The lowest BCUT2D eigenvalue weighted by atomic mass is 10.0. The lowest BCUT2D eigenvalue weighted by molar-refractivity contribution is 0.101. The van der Waals surface area contributed by atoms with Crippen LogP contribution in [0.4, 0.5) is 0 Å². The van der Waals surface area contributed by atoms with Gasteiger partial charge in [-0.15, -0.1) is 0 Å². The van der Waals surface area contributed by atoms with E-state index in [1.807, 2.05) is 57.2 Å². The van der Waals surface area contributed by atoms with Gasteiger partial charge in [-0.05, 0) is 61.7 Å². The van der Waals surface area contributed by atoms with Crippen molar-refractivity contribution in [2.75, 3.05) is 0 Å². The molecule has 0 saturated carbocycles. The molecule has 0 aliphatic rings. The largest absolute Gasteiger partial charge is 0.452 e. The molecule has 3 heteroatoms. The molecular formula is C18H15BrO2. The summed E-state index contributed by atoms with van der Waals surface area (Å²) < 4.78 is 6.75. The Labute approximate surface area is 131 Å². The SMILES string of the molecule is Cc1ccc(C(=O)c2cc3cc(Br)cc(C)c3o2)cc1C. The number of benzene rings is 2.